The van der Waals surface area contributed by atoms with Gasteiger partial charge in [0.25, 0.3) is 0 Å². The Morgan fingerprint density at radius 3 is 2.83 bits per heavy atom. The van der Waals surface area contributed by atoms with E-state index < -0.39 is 0 Å². The molecule has 96 valence electrons. The summed E-state index contributed by atoms with van der Waals surface area (Å²) < 4.78 is 1.87. The van der Waals surface area contributed by atoms with E-state index in [-0.39, 0.29) is 0 Å². The quantitative estimate of drug-likeness (QED) is 0.869. The molecule has 2 aromatic heterocycles. The highest BCUT2D eigenvalue weighted by molar-refractivity contribution is 5.20. The molecule has 2 aromatic rings. The van der Waals surface area contributed by atoms with Crippen LogP contribution in [0.4, 0.5) is 0 Å². The summed E-state index contributed by atoms with van der Waals surface area (Å²) in [6.07, 6.45) is 3.75. The molecule has 2 heterocycles. The van der Waals surface area contributed by atoms with Gasteiger partial charge in [-0.05, 0) is 18.1 Å². The highest BCUT2D eigenvalue weighted by atomic mass is 15.3. The predicted molar refractivity (Wildman–Crippen MR) is 69.9 cm³/mol. The van der Waals surface area contributed by atoms with Crippen molar-refractivity contribution in [3.05, 3.63) is 41.5 Å². The molecule has 5 nitrogen and oxygen atoms in total. The van der Waals surface area contributed by atoms with Crippen LogP contribution in [0.25, 0.3) is 0 Å². The minimum absolute atomic E-state index is 0.444. The van der Waals surface area contributed by atoms with E-state index in [1.54, 1.807) is 6.20 Å². The smallest absolute Gasteiger partial charge is 0.0769 e. The molecule has 0 saturated heterocycles. The first-order chi connectivity index (χ1) is 8.66. The molecule has 0 fully saturated rings. The molecule has 0 aromatic carbocycles. The van der Waals surface area contributed by atoms with Crippen molar-refractivity contribution in [2.24, 2.45) is 7.05 Å². The van der Waals surface area contributed by atoms with Gasteiger partial charge in [0, 0.05) is 38.1 Å². The molecule has 0 spiro atoms. The maximum absolute atomic E-state index is 4.48. The average molecular weight is 245 g/mol. The lowest BCUT2D eigenvalue weighted by Gasteiger charge is -2.06. The molecule has 0 unspecified atom stereocenters. The van der Waals surface area contributed by atoms with Crippen LogP contribution in [-0.2, 0) is 20.1 Å². The first-order valence-electron chi connectivity index (χ1n) is 6.16. The second-order valence-electron chi connectivity index (χ2n) is 4.69. The summed E-state index contributed by atoms with van der Waals surface area (Å²) >= 11 is 0. The first-order valence-corrected chi connectivity index (χ1v) is 6.16. The van der Waals surface area contributed by atoms with E-state index in [2.05, 4.69) is 40.7 Å². The Labute approximate surface area is 107 Å². The highest BCUT2D eigenvalue weighted by Crippen LogP contribution is 2.16. The summed E-state index contributed by atoms with van der Waals surface area (Å²) in [7, 11) is 1.96. The Kier molecular flexibility index (Phi) is 4.04. The maximum Gasteiger partial charge on any atom is 0.0769 e. The van der Waals surface area contributed by atoms with E-state index in [4.69, 9.17) is 0 Å². The van der Waals surface area contributed by atoms with Crippen LogP contribution in [0.15, 0.2) is 24.5 Å². The Balaban J connectivity index is 1.94. The summed E-state index contributed by atoms with van der Waals surface area (Å²) in [6.45, 7) is 5.85. The van der Waals surface area contributed by atoms with Gasteiger partial charge in [-0.25, -0.2) is 0 Å². The molecule has 0 radical (unpaired) electrons. The molecule has 18 heavy (non-hydrogen) atoms. The largest absolute Gasteiger partial charge is 0.307 e. The lowest BCUT2D eigenvalue weighted by molar-refractivity contribution is 0.659. The van der Waals surface area contributed by atoms with Crippen LogP contribution in [0.2, 0.25) is 0 Å². The van der Waals surface area contributed by atoms with E-state index in [0.717, 1.165) is 24.5 Å². The number of nitrogens with one attached hydrogen (secondary N) is 1. The molecule has 0 bridgehead atoms. The molecule has 0 aliphatic carbocycles. The molecular weight excluding hydrogens is 226 g/mol. The molecule has 0 aliphatic heterocycles. The Hall–Kier alpha value is -1.75. The van der Waals surface area contributed by atoms with Crippen molar-refractivity contribution in [2.75, 3.05) is 0 Å². The second kappa shape index (κ2) is 5.73. The third kappa shape index (κ3) is 3.13. The summed E-state index contributed by atoms with van der Waals surface area (Å²) in [5.41, 5.74) is 3.35. The fourth-order valence-corrected chi connectivity index (χ4v) is 1.93. The van der Waals surface area contributed by atoms with Crippen molar-refractivity contribution in [2.45, 2.75) is 32.9 Å². The normalized spacial score (nSPS) is 11.1. The molecular formula is C13H19N5. The van der Waals surface area contributed by atoms with E-state index in [1.807, 2.05) is 23.9 Å². The van der Waals surface area contributed by atoms with Gasteiger partial charge in [0.1, 0.15) is 0 Å². The van der Waals surface area contributed by atoms with Gasteiger partial charge in [0.05, 0.1) is 11.4 Å². The second-order valence-corrected chi connectivity index (χ2v) is 4.69. The van der Waals surface area contributed by atoms with Crippen molar-refractivity contribution in [3.63, 3.8) is 0 Å². The lowest BCUT2D eigenvalue weighted by atomic mass is 10.1. The first kappa shape index (κ1) is 12.7. The highest BCUT2D eigenvalue weighted by Gasteiger charge is 2.10. The number of hydrogen-bond acceptors (Lipinski definition) is 4. The van der Waals surface area contributed by atoms with Gasteiger partial charge in [-0.15, -0.1) is 0 Å². The fourth-order valence-electron chi connectivity index (χ4n) is 1.93. The summed E-state index contributed by atoms with van der Waals surface area (Å²) in [6, 6.07) is 3.86. The average Bonchev–Trinajstić information content (AvgIpc) is 2.72. The van der Waals surface area contributed by atoms with Crippen LogP contribution in [-0.4, -0.2) is 20.0 Å². The SMILES string of the molecule is CC(C)c1nn(C)cc1CNCc1cccnn1. The number of aryl methyl sites for hydroxylation is 1. The summed E-state index contributed by atoms with van der Waals surface area (Å²) in [5, 5.41) is 15.7. The van der Waals surface area contributed by atoms with Crippen LogP contribution in [0.5, 0.6) is 0 Å². The molecule has 2 rings (SSSR count). The predicted octanol–water partition coefficient (Wildman–Crippen LogP) is 1.62. The van der Waals surface area contributed by atoms with Crippen molar-refractivity contribution in [1.29, 1.82) is 0 Å². The van der Waals surface area contributed by atoms with Crippen molar-refractivity contribution >= 4 is 0 Å². The maximum atomic E-state index is 4.48. The summed E-state index contributed by atoms with van der Waals surface area (Å²) in [4.78, 5) is 0. The monoisotopic (exact) mass is 245 g/mol. The Morgan fingerprint density at radius 2 is 2.17 bits per heavy atom. The number of rotatable bonds is 5. The van der Waals surface area contributed by atoms with Gasteiger partial charge in [-0.2, -0.15) is 15.3 Å². The van der Waals surface area contributed by atoms with Gasteiger partial charge in [-0.3, -0.25) is 4.68 Å². The molecule has 5 heteroatoms. The minimum Gasteiger partial charge on any atom is -0.307 e. The van der Waals surface area contributed by atoms with Gasteiger partial charge >= 0.3 is 0 Å². The number of hydrogen-bond donors (Lipinski definition) is 1. The minimum atomic E-state index is 0.444. The summed E-state index contributed by atoms with van der Waals surface area (Å²) in [5.74, 6) is 0.444. The van der Waals surface area contributed by atoms with Crippen LogP contribution in [0, 0.1) is 0 Å². The van der Waals surface area contributed by atoms with E-state index in [9.17, 15) is 0 Å². The van der Waals surface area contributed by atoms with Crippen LogP contribution < -0.4 is 5.32 Å². The lowest BCUT2D eigenvalue weighted by Crippen LogP contribution is -2.14. The zero-order valence-electron chi connectivity index (χ0n) is 11.1. The molecule has 1 N–H and O–H groups in total. The van der Waals surface area contributed by atoms with E-state index in [0.29, 0.717) is 5.92 Å². The van der Waals surface area contributed by atoms with Gasteiger partial charge in [-0.1, -0.05) is 13.8 Å². The third-order valence-corrected chi connectivity index (χ3v) is 2.73. The fraction of sp³-hybridized carbons (Fsp3) is 0.462. The molecule has 0 saturated carbocycles. The van der Waals surface area contributed by atoms with Crippen LogP contribution in [0.1, 0.15) is 36.7 Å². The number of nitrogens with zero attached hydrogens (tertiary/aromatic N) is 4. The van der Waals surface area contributed by atoms with Gasteiger partial charge in [0.15, 0.2) is 0 Å². The zero-order valence-corrected chi connectivity index (χ0v) is 11.1. The molecule has 0 amide bonds. The van der Waals surface area contributed by atoms with Crippen molar-refractivity contribution in [1.82, 2.24) is 25.3 Å². The molecule has 0 atom stereocenters. The van der Waals surface area contributed by atoms with Crippen LogP contribution in [0.3, 0.4) is 0 Å². The standard InChI is InChI=1S/C13H19N5/c1-10(2)13-11(9-18(3)17-13)7-14-8-12-5-4-6-15-16-12/h4-6,9-10,14H,7-8H2,1-3H3. The topological polar surface area (TPSA) is 55.6 Å². The molecule has 0 aliphatic rings. The number of aromatic nitrogens is 4. The zero-order chi connectivity index (χ0) is 13.0. The van der Waals surface area contributed by atoms with E-state index in [1.165, 1.54) is 5.56 Å². The van der Waals surface area contributed by atoms with E-state index >= 15 is 0 Å². The van der Waals surface area contributed by atoms with Gasteiger partial charge in [0.2, 0.25) is 0 Å². The van der Waals surface area contributed by atoms with Crippen LogP contribution >= 0.6 is 0 Å². The van der Waals surface area contributed by atoms with Gasteiger partial charge < -0.3 is 5.32 Å². The Morgan fingerprint density at radius 1 is 1.33 bits per heavy atom. The third-order valence-electron chi connectivity index (χ3n) is 2.73. The van der Waals surface area contributed by atoms with Crippen molar-refractivity contribution < 1.29 is 0 Å². The Bertz CT molecular complexity index is 489. The van der Waals surface area contributed by atoms with Crippen molar-refractivity contribution in [3.8, 4) is 0 Å².